The summed E-state index contributed by atoms with van der Waals surface area (Å²) >= 11 is 0. The number of nitrogens with two attached hydrogens (primary N) is 1. The molecule has 0 aliphatic carbocycles. The largest absolute Gasteiger partial charge is 0.423 e. The van der Waals surface area contributed by atoms with Crippen LogP contribution in [0.2, 0.25) is 0 Å². The Hall–Kier alpha value is -2.29. The lowest BCUT2D eigenvalue weighted by Crippen LogP contribution is -2.09. The summed E-state index contributed by atoms with van der Waals surface area (Å²) in [6.45, 7) is 1.89. The quantitative estimate of drug-likeness (QED) is 0.487. The third-order valence-electron chi connectivity index (χ3n) is 2.47. The minimum Gasteiger partial charge on any atom is -0.423 e. The number of benzene rings is 2. The number of carbonyl (C=O) groups is 1. The topological polar surface area (TPSA) is 52.3 Å². The van der Waals surface area contributed by atoms with Gasteiger partial charge in [0, 0.05) is 5.69 Å². The average Bonchev–Trinajstić information content (AvgIpc) is 2.34. The van der Waals surface area contributed by atoms with Crippen LogP contribution < -0.4 is 10.5 Å². The summed E-state index contributed by atoms with van der Waals surface area (Å²) in [7, 11) is 0. The van der Waals surface area contributed by atoms with Crippen molar-refractivity contribution in [2.24, 2.45) is 0 Å². The van der Waals surface area contributed by atoms with Crippen LogP contribution in [0.25, 0.3) is 0 Å². The van der Waals surface area contributed by atoms with Crippen LogP contribution in [-0.4, -0.2) is 5.97 Å². The molecule has 3 nitrogen and oxygen atoms in total. The van der Waals surface area contributed by atoms with E-state index >= 15 is 0 Å². The molecule has 2 aromatic carbocycles. The van der Waals surface area contributed by atoms with Gasteiger partial charge in [-0.2, -0.15) is 0 Å². The van der Waals surface area contributed by atoms with Crippen molar-refractivity contribution >= 4 is 11.7 Å². The van der Waals surface area contributed by atoms with Crippen molar-refractivity contribution in [2.75, 3.05) is 5.73 Å². The summed E-state index contributed by atoms with van der Waals surface area (Å²) in [5.74, 6) is 0.125. The molecule has 2 N–H and O–H groups in total. The van der Waals surface area contributed by atoms with Gasteiger partial charge in [0.2, 0.25) is 0 Å². The zero-order chi connectivity index (χ0) is 12.3. The second-order valence-electron chi connectivity index (χ2n) is 3.77. The molecule has 0 radical (unpaired) electrons. The first-order chi connectivity index (χ1) is 8.16. The number of nitrogen functional groups attached to an aromatic ring is 1. The van der Waals surface area contributed by atoms with Gasteiger partial charge in [-0.25, -0.2) is 4.79 Å². The Labute approximate surface area is 99.8 Å². The van der Waals surface area contributed by atoms with E-state index in [1.165, 1.54) is 0 Å². The van der Waals surface area contributed by atoms with Crippen molar-refractivity contribution in [2.45, 2.75) is 6.92 Å². The molecule has 0 saturated carbocycles. The zero-order valence-corrected chi connectivity index (χ0v) is 9.51. The van der Waals surface area contributed by atoms with Crippen molar-refractivity contribution in [1.29, 1.82) is 0 Å². The maximum atomic E-state index is 11.8. The van der Waals surface area contributed by atoms with Crippen molar-refractivity contribution in [1.82, 2.24) is 0 Å². The molecule has 0 spiro atoms. The summed E-state index contributed by atoms with van der Waals surface area (Å²) in [4.78, 5) is 11.8. The fraction of sp³-hybridized carbons (Fsp3) is 0.0714. The van der Waals surface area contributed by atoms with Crippen LogP contribution in [0.4, 0.5) is 5.69 Å². The molecule has 86 valence electrons. The molecule has 0 aliphatic rings. The van der Waals surface area contributed by atoms with E-state index in [9.17, 15) is 4.79 Å². The van der Waals surface area contributed by atoms with Crippen LogP contribution in [-0.2, 0) is 0 Å². The highest BCUT2D eigenvalue weighted by molar-refractivity contribution is 5.92. The average molecular weight is 227 g/mol. The van der Waals surface area contributed by atoms with E-state index in [0.717, 1.165) is 5.56 Å². The fourth-order valence-corrected chi connectivity index (χ4v) is 1.42. The lowest BCUT2D eigenvalue weighted by Gasteiger charge is -2.05. The Morgan fingerprint density at radius 1 is 1.12 bits per heavy atom. The Morgan fingerprint density at radius 3 is 2.47 bits per heavy atom. The normalized spacial score (nSPS) is 9.94. The van der Waals surface area contributed by atoms with Crippen LogP contribution >= 0.6 is 0 Å². The van der Waals surface area contributed by atoms with Crippen LogP contribution in [0.15, 0.2) is 48.5 Å². The SMILES string of the molecule is Cc1ccc(C(=O)Oc2ccccc2)cc1N. The van der Waals surface area contributed by atoms with Gasteiger partial charge >= 0.3 is 5.97 Å². The van der Waals surface area contributed by atoms with Crippen LogP contribution in [0.5, 0.6) is 5.75 Å². The van der Waals surface area contributed by atoms with Gasteiger partial charge in [0.1, 0.15) is 5.75 Å². The Morgan fingerprint density at radius 2 is 1.82 bits per heavy atom. The molecule has 0 saturated heterocycles. The van der Waals surface area contributed by atoms with E-state index in [0.29, 0.717) is 17.0 Å². The first kappa shape index (κ1) is 11.2. The molecule has 2 aromatic rings. The van der Waals surface area contributed by atoms with Crippen LogP contribution in [0, 0.1) is 6.92 Å². The monoisotopic (exact) mass is 227 g/mol. The van der Waals surface area contributed by atoms with Gasteiger partial charge in [-0.05, 0) is 36.8 Å². The molecule has 17 heavy (non-hydrogen) atoms. The van der Waals surface area contributed by atoms with Crippen molar-refractivity contribution < 1.29 is 9.53 Å². The number of para-hydroxylation sites is 1. The second-order valence-corrected chi connectivity index (χ2v) is 3.77. The Bertz CT molecular complexity index is 535. The number of anilines is 1. The zero-order valence-electron chi connectivity index (χ0n) is 9.51. The van der Waals surface area contributed by atoms with Gasteiger partial charge in [-0.1, -0.05) is 24.3 Å². The molecular weight excluding hydrogens is 214 g/mol. The van der Waals surface area contributed by atoms with Gasteiger partial charge in [0.25, 0.3) is 0 Å². The third kappa shape index (κ3) is 2.64. The molecule has 0 bridgehead atoms. The van der Waals surface area contributed by atoms with E-state index in [4.69, 9.17) is 10.5 Å². The van der Waals surface area contributed by atoms with Gasteiger partial charge in [-0.3, -0.25) is 0 Å². The van der Waals surface area contributed by atoms with Crippen LogP contribution in [0.3, 0.4) is 0 Å². The van der Waals surface area contributed by atoms with Crippen molar-refractivity contribution in [3.05, 3.63) is 59.7 Å². The van der Waals surface area contributed by atoms with E-state index in [1.54, 1.807) is 30.3 Å². The third-order valence-corrected chi connectivity index (χ3v) is 2.47. The summed E-state index contributed by atoms with van der Waals surface area (Å²) < 4.78 is 5.20. The Kier molecular flexibility index (Phi) is 3.10. The first-order valence-corrected chi connectivity index (χ1v) is 5.30. The number of carbonyl (C=O) groups excluding carboxylic acids is 1. The fourth-order valence-electron chi connectivity index (χ4n) is 1.42. The standard InChI is InChI=1S/C14H13NO2/c1-10-7-8-11(9-13(10)15)14(16)17-12-5-3-2-4-6-12/h2-9H,15H2,1H3. The van der Waals surface area contributed by atoms with Gasteiger partial charge in [0.05, 0.1) is 5.56 Å². The van der Waals surface area contributed by atoms with E-state index < -0.39 is 5.97 Å². The molecule has 0 amide bonds. The molecule has 0 fully saturated rings. The predicted molar refractivity (Wildman–Crippen MR) is 67.0 cm³/mol. The lowest BCUT2D eigenvalue weighted by atomic mass is 10.1. The van der Waals surface area contributed by atoms with E-state index in [2.05, 4.69) is 0 Å². The highest BCUT2D eigenvalue weighted by Gasteiger charge is 2.09. The maximum absolute atomic E-state index is 11.8. The minimum absolute atomic E-state index is 0.400. The van der Waals surface area contributed by atoms with Crippen molar-refractivity contribution in [3.63, 3.8) is 0 Å². The molecule has 0 atom stereocenters. The van der Waals surface area contributed by atoms with E-state index in [-0.39, 0.29) is 0 Å². The number of esters is 1. The summed E-state index contributed by atoms with van der Waals surface area (Å²) in [6, 6.07) is 14.1. The van der Waals surface area contributed by atoms with E-state index in [1.807, 2.05) is 25.1 Å². The molecule has 0 unspecified atom stereocenters. The molecule has 0 aliphatic heterocycles. The molecule has 0 aromatic heterocycles. The number of hydrogen-bond acceptors (Lipinski definition) is 3. The number of hydrogen-bond donors (Lipinski definition) is 1. The first-order valence-electron chi connectivity index (χ1n) is 5.30. The Balaban J connectivity index is 2.18. The molecular formula is C14H13NO2. The van der Waals surface area contributed by atoms with Crippen LogP contribution in [0.1, 0.15) is 15.9 Å². The van der Waals surface area contributed by atoms with Gasteiger partial charge in [-0.15, -0.1) is 0 Å². The summed E-state index contributed by atoms with van der Waals surface area (Å²) in [5, 5.41) is 0. The number of rotatable bonds is 2. The van der Waals surface area contributed by atoms with Gasteiger partial charge < -0.3 is 10.5 Å². The minimum atomic E-state index is -0.400. The van der Waals surface area contributed by atoms with Crippen molar-refractivity contribution in [3.8, 4) is 5.75 Å². The lowest BCUT2D eigenvalue weighted by molar-refractivity contribution is 0.0735. The summed E-state index contributed by atoms with van der Waals surface area (Å²) in [6.07, 6.45) is 0. The smallest absolute Gasteiger partial charge is 0.343 e. The second kappa shape index (κ2) is 4.70. The maximum Gasteiger partial charge on any atom is 0.343 e. The molecule has 2 rings (SSSR count). The highest BCUT2D eigenvalue weighted by Crippen LogP contribution is 2.16. The molecule has 0 heterocycles. The molecule has 3 heteroatoms. The highest BCUT2D eigenvalue weighted by atomic mass is 16.5. The summed E-state index contributed by atoms with van der Waals surface area (Å²) in [5.41, 5.74) is 7.74. The predicted octanol–water partition coefficient (Wildman–Crippen LogP) is 2.80. The van der Waals surface area contributed by atoms with Gasteiger partial charge in [0.15, 0.2) is 0 Å². The number of aryl methyl sites for hydroxylation is 1. The number of ether oxygens (including phenoxy) is 1.